The van der Waals surface area contributed by atoms with Crippen molar-refractivity contribution in [2.24, 2.45) is 5.73 Å². The number of hydrogen-bond acceptors (Lipinski definition) is 7. The van der Waals surface area contributed by atoms with Gasteiger partial charge in [-0.15, -0.1) is 5.10 Å². The van der Waals surface area contributed by atoms with Gasteiger partial charge in [0.1, 0.15) is 5.82 Å². The highest BCUT2D eigenvalue weighted by molar-refractivity contribution is 5.73. The predicted molar refractivity (Wildman–Crippen MR) is 91.9 cm³/mol. The Labute approximate surface area is 139 Å². The number of nitrogens with one attached hydrogen (secondary N) is 1. The Morgan fingerprint density at radius 3 is 2.62 bits per heavy atom. The topological polar surface area (TPSA) is 120 Å². The van der Waals surface area contributed by atoms with Crippen LogP contribution in [0.3, 0.4) is 0 Å². The van der Waals surface area contributed by atoms with Crippen LogP contribution in [0, 0.1) is 0 Å². The van der Waals surface area contributed by atoms with E-state index in [0.717, 1.165) is 42.7 Å². The molecule has 24 heavy (non-hydrogen) atoms. The molecular weight excluding hydrogens is 304 g/mol. The van der Waals surface area contributed by atoms with Crippen molar-refractivity contribution in [3.05, 3.63) is 36.4 Å². The van der Waals surface area contributed by atoms with Gasteiger partial charge in [0.25, 0.3) is 0 Å². The predicted octanol–water partition coefficient (Wildman–Crippen LogP) is 1.83. The molecule has 0 radical (unpaired) electrons. The van der Waals surface area contributed by atoms with Gasteiger partial charge in [0.05, 0.1) is 17.6 Å². The lowest BCUT2D eigenvalue weighted by Gasteiger charge is -2.24. The monoisotopic (exact) mass is 324 g/mol. The fourth-order valence-electron chi connectivity index (χ4n) is 3.20. The van der Waals surface area contributed by atoms with Crippen LogP contribution in [0.2, 0.25) is 0 Å². The van der Waals surface area contributed by atoms with Crippen LogP contribution in [0.5, 0.6) is 0 Å². The van der Waals surface area contributed by atoms with Gasteiger partial charge in [-0.25, -0.2) is 19.5 Å². The average molecular weight is 324 g/mol. The summed E-state index contributed by atoms with van der Waals surface area (Å²) in [5, 5.41) is 7.50. The molecule has 1 fully saturated rings. The van der Waals surface area contributed by atoms with Crippen molar-refractivity contribution in [2.75, 3.05) is 11.1 Å². The van der Waals surface area contributed by atoms with Crippen molar-refractivity contribution in [2.45, 2.75) is 37.6 Å². The van der Waals surface area contributed by atoms with Crippen LogP contribution in [-0.2, 0) is 0 Å². The second-order valence-corrected chi connectivity index (χ2v) is 6.23. The summed E-state index contributed by atoms with van der Waals surface area (Å²) in [4.78, 5) is 13.1. The van der Waals surface area contributed by atoms with Crippen LogP contribution in [0.25, 0.3) is 5.65 Å². The molecule has 0 unspecified atom stereocenters. The van der Waals surface area contributed by atoms with Crippen molar-refractivity contribution < 1.29 is 0 Å². The summed E-state index contributed by atoms with van der Waals surface area (Å²) in [5.74, 6) is 1.34. The number of anilines is 3. The van der Waals surface area contributed by atoms with Gasteiger partial charge in [-0.05, 0) is 31.7 Å². The van der Waals surface area contributed by atoms with Gasteiger partial charge in [0.2, 0.25) is 5.95 Å². The highest BCUT2D eigenvalue weighted by Gasteiger charge is 2.23. The molecule has 3 heterocycles. The van der Waals surface area contributed by atoms with Crippen LogP contribution in [0.15, 0.2) is 30.7 Å². The van der Waals surface area contributed by atoms with Crippen LogP contribution >= 0.6 is 0 Å². The van der Waals surface area contributed by atoms with Crippen molar-refractivity contribution >= 4 is 23.1 Å². The molecule has 1 aliphatic rings. The highest BCUT2D eigenvalue weighted by Crippen LogP contribution is 2.32. The lowest BCUT2D eigenvalue weighted by atomic mass is 9.85. The summed E-state index contributed by atoms with van der Waals surface area (Å²) >= 11 is 0. The van der Waals surface area contributed by atoms with Gasteiger partial charge >= 0.3 is 0 Å². The molecule has 1 saturated carbocycles. The molecule has 124 valence electrons. The summed E-state index contributed by atoms with van der Waals surface area (Å²) in [5.41, 5.74) is 14.4. The number of rotatable bonds is 3. The maximum absolute atomic E-state index is 6.00. The van der Waals surface area contributed by atoms with E-state index < -0.39 is 0 Å². The first kappa shape index (κ1) is 14.8. The number of aromatic nitrogens is 5. The normalized spacial score (nSPS) is 21.0. The fourth-order valence-corrected chi connectivity index (χ4v) is 3.20. The molecule has 0 saturated heterocycles. The smallest absolute Gasteiger partial charge is 0.227 e. The molecule has 0 aromatic carbocycles. The van der Waals surface area contributed by atoms with E-state index in [1.807, 2.05) is 6.20 Å². The highest BCUT2D eigenvalue weighted by atomic mass is 15.3. The van der Waals surface area contributed by atoms with E-state index in [-0.39, 0.29) is 0 Å². The maximum atomic E-state index is 6.00. The molecule has 4 rings (SSSR count). The van der Waals surface area contributed by atoms with Crippen LogP contribution in [0.1, 0.15) is 37.3 Å². The minimum atomic E-state index is 0.319. The zero-order valence-electron chi connectivity index (χ0n) is 13.3. The zero-order chi connectivity index (χ0) is 16.5. The van der Waals surface area contributed by atoms with Gasteiger partial charge in [-0.1, -0.05) is 0 Å². The minimum Gasteiger partial charge on any atom is -0.382 e. The molecule has 0 spiro atoms. The third-order valence-corrected chi connectivity index (χ3v) is 4.47. The molecule has 0 amide bonds. The summed E-state index contributed by atoms with van der Waals surface area (Å²) in [6.07, 6.45) is 9.52. The molecule has 3 aromatic heterocycles. The fraction of sp³-hybridized carbons (Fsp3) is 0.375. The average Bonchev–Trinajstić information content (AvgIpc) is 3.00. The molecule has 3 aromatic rings. The molecular formula is C16H20N8. The Hall–Kier alpha value is -2.74. The van der Waals surface area contributed by atoms with Crippen molar-refractivity contribution in [1.82, 2.24) is 24.6 Å². The number of hydrogen-bond donors (Lipinski definition) is 3. The first-order valence-corrected chi connectivity index (χ1v) is 8.14. The van der Waals surface area contributed by atoms with E-state index in [1.165, 1.54) is 0 Å². The van der Waals surface area contributed by atoms with Crippen LogP contribution in [-0.4, -0.2) is 30.6 Å². The third kappa shape index (κ3) is 2.88. The van der Waals surface area contributed by atoms with Gasteiger partial charge in [0.15, 0.2) is 5.65 Å². The molecule has 0 atom stereocenters. The van der Waals surface area contributed by atoms with Crippen LogP contribution in [0.4, 0.5) is 17.5 Å². The van der Waals surface area contributed by atoms with Crippen LogP contribution < -0.4 is 16.8 Å². The number of fused-ring (bicyclic) bond motifs is 1. The van der Waals surface area contributed by atoms with Crippen molar-refractivity contribution in [3.63, 3.8) is 0 Å². The summed E-state index contributed by atoms with van der Waals surface area (Å²) in [6, 6.07) is 3.84. The molecule has 8 nitrogen and oxygen atoms in total. The number of nitrogens with two attached hydrogens (primary N) is 2. The SMILES string of the molecule is Nc1cc(Nc2ncccn2)c2nc([C@H]3CC[C@H](N)CC3)cn2n1. The Kier molecular flexibility index (Phi) is 3.73. The Morgan fingerprint density at radius 1 is 1.12 bits per heavy atom. The molecule has 0 aliphatic heterocycles. The maximum Gasteiger partial charge on any atom is 0.227 e. The first-order chi connectivity index (χ1) is 11.7. The molecule has 1 aliphatic carbocycles. The van der Waals surface area contributed by atoms with E-state index in [4.69, 9.17) is 16.5 Å². The molecule has 0 bridgehead atoms. The Balaban J connectivity index is 1.69. The number of nitrogen functional groups attached to an aromatic ring is 1. The van der Waals surface area contributed by atoms with Gasteiger partial charge < -0.3 is 16.8 Å². The first-order valence-electron chi connectivity index (χ1n) is 8.14. The summed E-state index contributed by atoms with van der Waals surface area (Å²) < 4.78 is 1.73. The zero-order valence-corrected chi connectivity index (χ0v) is 13.3. The van der Waals surface area contributed by atoms with E-state index in [2.05, 4.69) is 20.4 Å². The molecule has 8 heteroatoms. The number of nitrogens with zero attached hydrogens (tertiary/aromatic N) is 5. The lowest BCUT2D eigenvalue weighted by molar-refractivity contribution is 0.391. The van der Waals surface area contributed by atoms with Gasteiger partial charge in [0, 0.05) is 30.4 Å². The lowest BCUT2D eigenvalue weighted by Crippen LogP contribution is -2.25. The Bertz CT molecular complexity index is 836. The largest absolute Gasteiger partial charge is 0.382 e. The van der Waals surface area contributed by atoms with Gasteiger partial charge in [-0.2, -0.15) is 0 Å². The van der Waals surface area contributed by atoms with E-state index in [1.54, 1.807) is 29.0 Å². The van der Waals surface area contributed by atoms with Crippen molar-refractivity contribution in [3.8, 4) is 0 Å². The van der Waals surface area contributed by atoms with Crippen molar-refractivity contribution in [1.29, 1.82) is 0 Å². The third-order valence-electron chi connectivity index (χ3n) is 4.47. The summed E-state index contributed by atoms with van der Waals surface area (Å²) in [7, 11) is 0. The van der Waals surface area contributed by atoms with E-state index in [0.29, 0.717) is 23.7 Å². The standard InChI is InChI=1S/C16H20N8/c17-11-4-2-10(3-5-11)13-9-24-15(21-13)12(8-14(18)23-24)22-16-19-6-1-7-20-16/h1,6-11H,2-5,17H2,(H2,18,23)(H,19,20,22)/t10-,11-. The van der Waals surface area contributed by atoms with Gasteiger partial charge in [-0.3, -0.25) is 0 Å². The van der Waals surface area contributed by atoms with E-state index in [9.17, 15) is 0 Å². The Morgan fingerprint density at radius 2 is 1.88 bits per heavy atom. The van der Waals surface area contributed by atoms with E-state index >= 15 is 0 Å². The minimum absolute atomic E-state index is 0.319. The molecule has 5 N–H and O–H groups in total. The quantitative estimate of drug-likeness (QED) is 0.672. The summed E-state index contributed by atoms with van der Waals surface area (Å²) in [6.45, 7) is 0. The second-order valence-electron chi connectivity index (χ2n) is 6.23. The number of imidazole rings is 1. The second kappa shape index (κ2) is 6.04.